The van der Waals surface area contributed by atoms with Gasteiger partial charge >= 0.3 is 0 Å². The van der Waals surface area contributed by atoms with Crippen LogP contribution in [0, 0.1) is 18.6 Å². The maximum atomic E-state index is 13.4. The zero-order valence-corrected chi connectivity index (χ0v) is 9.78. The van der Waals surface area contributed by atoms with Crippen molar-refractivity contribution in [2.24, 2.45) is 0 Å². The molecule has 0 saturated carbocycles. The molecule has 0 spiro atoms. The van der Waals surface area contributed by atoms with Gasteiger partial charge in [-0.05, 0) is 42.8 Å². The molecule has 0 amide bonds. The lowest BCUT2D eigenvalue weighted by molar-refractivity contribution is 0.0991. The van der Waals surface area contributed by atoms with Crippen molar-refractivity contribution < 1.29 is 13.6 Å². The summed E-state index contributed by atoms with van der Waals surface area (Å²) >= 11 is 0. The maximum Gasteiger partial charge on any atom is 0.167 e. The lowest BCUT2D eigenvalue weighted by Gasteiger charge is -2.04. The van der Waals surface area contributed by atoms with Crippen molar-refractivity contribution in [1.29, 1.82) is 0 Å². The first-order valence-electron chi connectivity index (χ1n) is 5.46. The Bertz CT molecular complexity index is 596. The zero-order valence-electron chi connectivity index (χ0n) is 9.78. The van der Waals surface area contributed by atoms with E-state index in [0.717, 1.165) is 18.2 Å². The second kappa shape index (κ2) is 5.04. The number of nitrogens with zero attached hydrogens (tertiary/aromatic N) is 1. The van der Waals surface area contributed by atoms with Crippen LogP contribution in [0.1, 0.15) is 21.6 Å². The third-order valence-electron chi connectivity index (χ3n) is 2.58. The topological polar surface area (TPSA) is 30.0 Å². The van der Waals surface area contributed by atoms with E-state index in [2.05, 4.69) is 4.98 Å². The van der Waals surface area contributed by atoms with Crippen LogP contribution in [0.5, 0.6) is 0 Å². The highest BCUT2D eigenvalue weighted by molar-refractivity contribution is 5.97. The van der Waals surface area contributed by atoms with E-state index in [1.807, 2.05) is 0 Å². The molecular weight excluding hydrogens is 236 g/mol. The summed E-state index contributed by atoms with van der Waals surface area (Å²) in [7, 11) is 0. The van der Waals surface area contributed by atoms with E-state index in [1.165, 1.54) is 6.20 Å². The van der Waals surface area contributed by atoms with E-state index in [0.29, 0.717) is 11.3 Å². The standard InChI is InChI=1S/C14H11F2NO/c1-9-6-10(4-5-17-9)14(18)8-11-7-12(15)2-3-13(11)16/h2-7H,8H2,1H3. The van der Waals surface area contributed by atoms with Crippen molar-refractivity contribution in [3.05, 3.63) is 65.0 Å². The van der Waals surface area contributed by atoms with Crippen LogP contribution in [-0.2, 0) is 6.42 Å². The minimum Gasteiger partial charge on any atom is -0.294 e. The molecule has 2 nitrogen and oxygen atoms in total. The number of rotatable bonds is 3. The zero-order chi connectivity index (χ0) is 13.1. The molecule has 2 aromatic rings. The Balaban J connectivity index is 2.24. The van der Waals surface area contributed by atoms with Gasteiger partial charge in [0.2, 0.25) is 0 Å². The van der Waals surface area contributed by atoms with Crippen molar-refractivity contribution in [1.82, 2.24) is 4.98 Å². The SMILES string of the molecule is Cc1cc(C(=O)Cc2cc(F)ccc2F)ccn1. The first-order valence-corrected chi connectivity index (χ1v) is 5.46. The van der Waals surface area contributed by atoms with Crippen LogP contribution < -0.4 is 0 Å². The molecule has 92 valence electrons. The molecule has 0 bridgehead atoms. The molecule has 18 heavy (non-hydrogen) atoms. The number of hydrogen-bond acceptors (Lipinski definition) is 2. The molecule has 0 aliphatic carbocycles. The number of halogens is 2. The Morgan fingerprint density at radius 1 is 1.22 bits per heavy atom. The van der Waals surface area contributed by atoms with Crippen LogP contribution in [0.2, 0.25) is 0 Å². The quantitative estimate of drug-likeness (QED) is 0.780. The molecule has 1 aromatic carbocycles. The van der Waals surface area contributed by atoms with Crippen LogP contribution in [0.15, 0.2) is 36.5 Å². The number of Topliss-reactive ketones (excluding diaryl/α,β-unsaturated/α-hetero) is 1. The third kappa shape index (κ3) is 2.77. The van der Waals surface area contributed by atoms with Crippen LogP contribution in [-0.4, -0.2) is 10.8 Å². The van der Waals surface area contributed by atoms with Gasteiger partial charge in [-0.2, -0.15) is 0 Å². The smallest absolute Gasteiger partial charge is 0.167 e. The Morgan fingerprint density at radius 2 is 2.00 bits per heavy atom. The molecular formula is C14H11F2NO. The molecule has 2 rings (SSSR count). The monoisotopic (exact) mass is 247 g/mol. The van der Waals surface area contributed by atoms with E-state index in [-0.39, 0.29) is 17.8 Å². The number of carbonyl (C=O) groups is 1. The molecule has 0 atom stereocenters. The molecule has 4 heteroatoms. The van der Waals surface area contributed by atoms with E-state index in [1.54, 1.807) is 19.1 Å². The average Bonchev–Trinajstić information content (AvgIpc) is 2.34. The molecule has 0 unspecified atom stereocenters. The number of pyridine rings is 1. The Labute approximate surface area is 103 Å². The van der Waals surface area contributed by atoms with Gasteiger partial charge in [-0.15, -0.1) is 0 Å². The highest BCUT2D eigenvalue weighted by Crippen LogP contribution is 2.13. The van der Waals surface area contributed by atoms with Crippen LogP contribution in [0.3, 0.4) is 0 Å². The largest absolute Gasteiger partial charge is 0.294 e. The van der Waals surface area contributed by atoms with Crippen molar-refractivity contribution in [2.75, 3.05) is 0 Å². The van der Waals surface area contributed by atoms with Gasteiger partial charge in [0.25, 0.3) is 0 Å². The number of carbonyl (C=O) groups excluding carboxylic acids is 1. The Kier molecular flexibility index (Phi) is 3.46. The van der Waals surface area contributed by atoms with Gasteiger partial charge in [-0.25, -0.2) is 8.78 Å². The van der Waals surface area contributed by atoms with Crippen LogP contribution >= 0.6 is 0 Å². The summed E-state index contributed by atoms with van der Waals surface area (Å²) in [5.41, 5.74) is 1.22. The normalized spacial score (nSPS) is 10.4. The fourth-order valence-electron chi connectivity index (χ4n) is 1.67. The molecule has 1 heterocycles. The molecule has 0 fully saturated rings. The van der Waals surface area contributed by atoms with Crippen molar-refractivity contribution >= 4 is 5.78 Å². The number of aryl methyl sites for hydroxylation is 1. The number of benzene rings is 1. The molecule has 0 saturated heterocycles. The first kappa shape index (κ1) is 12.4. The van der Waals surface area contributed by atoms with E-state index in [4.69, 9.17) is 0 Å². The van der Waals surface area contributed by atoms with Gasteiger partial charge in [-0.1, -0.05) is 0 Å². The minimum atomic E-state index is -0.574. The Hall–Kier alpha value is -2.10. The summed E-state index contributed by atoms with van der Waals surface area (Å²) in [6, 6.07) is 6.28. The van der Waals surface area contributed by atoms with Gasteiger partial charge in [0.05, 0.1) is 0 Å². The van der Waals surface area contributed by atoms with Crippen molar-refractivity contribution in [3.8, 4) is 0 Å². The lowest BCUT2D eigenvalue weighted by atomic mass is 10.0. The summed E-state index contributed by atoms with van der Waals surface area (Å²) in [6.45, 7) is 1.76. The summed E-state index contributed by atoms with van der Waals surface area (Å²) in [6.07, 6.45) is 1.36. The summed E-state index contributed by atoms with van der Waals surface area (Å²) in [5.74, 6) is -1.38. The Morgan fingerprint density at radius 3 is 2.72 bits per heavy atom. The number of hydrogen-bond donors (Lipinski definition) is 0. The lowest BCUT2D eigenvalue weighted by Crippen LogP contribution is -2.06. The van der Waals surface area contributed by atoms with Crippen LogP contribution in [0.25, 0.3) is 0 Å². The van der Waals surface area contributed by atoms with E-state index >= 15 is 0 Å². The average molecular weight is 247 g/mol. The second-order valence-electron chi connectivity index (χ2n) is 4.02. The fourth-order valence-corrected chi connectivity index (χ4v) is 1.67. The molecule has 0 aliphatic heterocycles. The molecule has 0 N–H and O–H groups in total. The molecule has 0 aliphatic rings. The predicted molar refractivity (Wildman–Crippen MR) is 63.4 cm³/mol. The highest BCUT2D eigenvalue weighted by Gasteiger charge is 2.11. The van der Waals surface area contributed by atoms with E-state index < -0.39 is 11.6 Å². The van der Waals surface area contributed by atoms with Crippen molar-refractivity contribution in [2.45, 2.75) is 13.3 Å². The third-order valence-corrected chi connectivity index (χ3v) is 2.58. The second-order valence-corrected chi connectivity index (χ2v) is 4.02. The van der Waals surface area contributed by atoms with Gasteiger partial charge in [-0.3, -0.25) is 9.78 Å². The highest BCUT2D eigenvalue weighted by atomic mass is 19.1. The van der Waals surface area contributed by atoms with Crippen molar-refractivity contribution in [3.63, 3.8) is 0 Å². The van der Waals surface area contributed by atoms with Gasteiger partial charge in [0, 0.05) is 23.9 Å². The molecule has 0 radical (unpaired) electrons. The summed E-state index contributed by atoms with van der Waals surface area (Å²) < 4.78 is 26.4. The first-order chi connectivity index (χ1) is 8.56. The van der Waals surface area contributed by atoms with Gasteiger partial charge in [0.1, 0.15) is 11.6 Å². The number of aromatic nitrogens is 1. The number of ketones is 1. The predicted octanol–water partition coefficient (Wildman–Crippen LogP) is 3.09. The minimum absolute atomic E-state index is 0.0643. The summed E-state index contributed by atoms with van der Waals surface area (Å²) in [4.78, 5) is 15.9. The fraction of sp³-hybridized carbons (Fsp3) is 0.143. The summed E-state index contributed by atoms with van der Waals surface area (Å²) in [5, 5.41) is 0. The molecule has 1 aromatic heterocycles. The van der Waals surface area contributed by atoms with E-state index in [9.17, 15) is 13.6 Å². The van der Waals surface area contributed by atoms with Gasteiger partial charge < -0.3 is 0 Å². The maximum absolute atomic E-state index is 13.4. The van der Waals surface area contributed by atoms with Crippen LogP contribution in [0.4, 0.5) is 8.78 Å². The van der Waals surface area contributed by atoms with Gasteiger partial charge in [0.15, 0.2) is 5.78 Å².